The van der Waals surface area contributed by atoms with Gasteiger partial charge in [-0.3, -0.25) is 19.0 Å². The monoisotopic (exact) mass is 460 g/mol. The van der Waals surface area contributed by atoms with Crippen LogP contribution in [0.2, 0.25) is 0 Å². The lowest BCUT2D eigenvalue weighted by Gasteiger charge is -2.33. The molecule has 1 unspecified atom stereocenters. The van der Waals surface area contributed by atoms with Crippen LogP contribution < -0.4 is 10.9 Å². The molecule has 7 nitrogen and oxygen atoms in total. The molecule has 1 fully saturated rings. The van der Waals surface area contributed by atoms with E-state index in [9.17, 15) is 23.2 Å². The van der Waals surface area contributed by atoms with Crippen molar-refractivity contribution in [3.8, 4) is 0 Å². The van der Waals surface area contributed by atoms with Gasteiger partial charge in [0.1, 0.15) is 23.0 Å². The van der Waals surface area contributed by atoms with Gasteiger partial charge in [-0.25, -0.2) is 13.8 Å². The van der Waals surface area contributed by atoms with E-state index < -0.39 is 23.1 Å². The number of hydrogen-bond donors (Lipinski definition) is 1. The first-order valence-corrected chi connectivity index (χ1v) is 11.1. The lowest BCUT2D eigenvalue weighted by Crippen LogP contribution is -2.44. The number of benzene rings is 1. The molecule has 0 bridgehead atoms. The predicted octanol–water partition coefficient (Wildman–Crippen LogP) is 3.70. The average molecular weight is 461 g/mol. The van der Waals surface area contributed by atoms with Crippen molar-refractivity contribution in [3.05, 3.63) is 57.0 Å². The second-order valence-electron chi connectivity index (χ2n) is 7.92. The van der Waals surface area contributed by atoms with Crippen LogP contribution in [0.25, 0.3) is 10.2 Å². The molecular formula is C22H22F2N4O3S. The van der Waals surface area contributed by atoms with Crippen molar-refractivity contribution in [3.63, 3.8) is 0 Å². The molecular weight excluding hydrogens is 438 g/mol. The van der Waals surface area contributed by atoms with E-state index in [2.05, 4.69) is 10.3 Å². The standard InChI is InChI=1S/C22H22F2N4O3S/c1-12-5-3-4-8-28(12)17(29)10-27-11-25-21-18(22(27)31)13(2)19(32-21)20(30)26-16-7-6-14(23)9-15(16)24/h6-7,9,11-12H,3-5,8,10H2,1-2H3,(H,26,30). The molecule has 1 saturated heterocycles. The quantitative estimate of drug-likeness (QED) is 0.644. The van der Waals surface area contributed by atoms with Crippen LogP contribution in [0.5, 0.6) is 0 Å². The smallest absolute Gasteiger partial charge is 0.266 e. The van der Waals surface area contributed by atoms with Gasteiger partial charge in [0.05, 0.1) is 22.3 Å². The van der Waals surface area contributed by atoms with E-state index in [0.717, 1.165) is 42.7 Å². The van der Waals surface area contributed by atoms with Gasteiger partial charge in [-0.15, -0.1) is 11.3 Å². The highest BCUT2D eigenvalue weighted by Crippen LogP contribution is 2.28. The topological polar surface area (TPSA) is 84.3 Å². The Bertz CT molecular complexity index is 1270. The highest BCUT2D eigenvalue weighted by molar-refractivity contribution is 7.20. The molecule has 4 rings (SSSR count). The lowest BCUT2D eigenvalue weighted by atomic mass is 10.0. The molecule has 0 aliphatic carbocycles. The number of amides is 2. The molecule has 3 aromatic rings. The molecule has 1 N–H and O–H groups in total. The summed E-state index contributed by atoms with van der Waals surface area (Å²) in [7, 11) is 0. The third-order valence-electron chi connectivity index (χ3n) is 5.73. The van der Waals surface area contributed by atoms with Crippen molar-refractivity contribution >= 4 is 39.1 Å². The number of aromatic nitrogens is 2. The highest BCUT2D eigenvalue weighted by Gasteiger charge is 2.25. The Morgan fingerprint density at radius 2 is 2.06 bits per heavy atom. The molecule has 168 valence electrons. The largest absolute Gasteiger partial charge is 0.338 e. The lowest BCUT2D eigenvalue weighted by molar-refractivity contribution is -0.135. The number of carbonyl (C=O) groups excluding carboxylic acids is 2. The maximum atomic E-state index is 13.9. The highest BCUT2D eigenvalue weighted by atomic mass is 32.1. The Balaban J connectivity index is 1.61. The van der Waals surface area contributed by atoms with Gasteiger partial charge in [-0.1, -0.05) is 0 Å². The number of likely N-dealkylation sites (tertiary alicyclic amines) is 1. The van der Waals surface area contributed by atoms with Crippen molar-refractivity contribution in [1.82, 2.24) is 14.5 Å². The summed E-state index contributed by atoms with van der Waals surface area (Å²) >= 11 is 1.00. The van der Waals surface area contributed by atoms with Crippen LogP contribution in [-0.2, 0) is 11.3 Å². The summed E-state index contributed by atoms with van der Waals surface area (Å²) in [6, 6.07) is 2.97. The van der Waals surface area contributed by atoms with Crippen LogP contribution in [0.3, 0.4) is 0 Å². The fourth-order valence-corrected chi connectivity index (χ4v) is 5.00. The Kier molecular flexibility index (Phi) is 6.05. The summed E-state index contributed by atoms with van der Waals surface area (Å²) in [5.74, 6) is -2.42. The SMILES string of the molecule is Cc1c(C(=O)Nc2ccc(F)cc2F)sc2ncn(CC(=O)N3CCCCC3C)c(=O)c12. The summed E-state index contributed by atoms with van der Waals surface area (Å²) in [4.78, 5) is 45.1. The van der Waals surface area contributed by atoms with E-state index in [0.29, 0.717) is 23.0 Å². The third-order valence-corrected chi connectivity index (χ3v) is 6.93. The van der Waals surface area contributed by atoms with E-state index in [1.165, 1.54) is 10.9 Å². The Morgan fingerprint density at radius 3 is 2.78 bits per heavy atom. The van der Waals surface area contributed by atoms with Crippen LogP contribution in [0.1, 0.15) is 41.4 Å². The number of anilines is 1. The average Bonchev–Trinajstić information content (AvgIpc) is 3.09. The van der Waals surface area contributed by atoms with E-state index in [1.54, 1.807) is 11.8 Å². The molecule has 1 atom stereocenters. The zero-order valence-electron chi connectivity index (χ0n) is 17.7. The van der Waals surface area contributed by atoms with Crippen molar-refractivity contribution in [2.24, 2.45) is 0 Å². The van der Waals surface area contributed by atoms with E-state index >= 15 is 0 Å². The molecule has 10 heteroatoms. The minimum Gasteiger partial charge on any atom is -0.338 e. The molecule has 1 aliphatic heterocycles. The normalized spacial score (nSPS) is 16.4. The number of aryl methyl sites for hydroxylation is 1. The molecule has 2 amide bonds. The maximum Gasteiger partial charge on any atom is 0.266 e. The number of hydrogen-bond acceptors (Lipinski definition) is 5. The van der Waals surface area contributed by atoms with Crippen molar-refractivity contribution < 1.29 is 18.4 Å². The van der Waals surface area contributed by atoms with Gasteiger partial charge < -0.3 is 10.2 Å². The number of piperidine rings is 1. The molecule has 3 heterocycles. The minimum atomic E-state index is -0.900. The van der Waals surface area contributed by atoms with Gasteiger partial charge in [-0.05, 0) is 50.8 Å². The number of nitrogens with zero attached hydrogens (tertiary/aromatic N) is 3. The summed E-state index contributed by atoms with van der Waals surface area (Å²) in [6.45, 7) is 4.16. The van der Waals surface area contributed by atoms with Crippen LogP contribution >= 0.6 is 11.3 Å². The van der Waals surface area contributed by atoms with Gasteiger partial charge in [0.25, 0.3) is 11.5 Å². The van der Waals surface area contributed by atoms with E-state index in [-0.39, 0.29) is 34.4 Å². The molecule has 1 aromatic carbocycles. The maximum absolute atomic E-state index is 13.9. The Hall–Kier alpha value is -3.14. The van der Waals surface area contributed by atoms with Gasteiger partial charge in [0.15, 0.2) is 0 Å². The molecule has 0 spiro atoms. The number of carbonyl (C=O) groups is 2. The number of thiophene rings is 1. The summed E-state index contributed by atoms with van der Waals surface area (Å²) in [6.07, 6.45) is 4.28. The van der Waals surface area contributed by atoms with Crippen LogP contribution in [-0.4, -0.2) is 38.9 Å². The molecule has 0 radical (unpaired) electrons. The summed E-state index contributed by atoms with van der Waals surface area (Å²) in [5, 5.41) is 2.65. The zero-order chi connectivity index (χ0) is 23.0. The van der Waals surface area contributed by atoms with Crippen LogP contribution in [0.15, 0.2) is 29.3 Å². The fraction of sp³-hybridized carbons (Fsp3) is 0.364. The van der Waals surface area contributed by atoms with Crippen LogP contribution in [0, 0.1) is 18.6 Å². The van der Waals surface area contributed by atoms with Gasteiger partial charge >= 0.3 is 0 Å². The number of nitrogens with one attached hydrogen (secondary N) is 1. The van der Waals surface area contributed by atoms with Crippen LogP contribution in [0.4, 0.5) is 14.5 Å². The molecule has 0 saturated carbocycles. The van der Waals surface area contributed by atoms with E-state index in [4.69, 9.17) is 0 Å². The molecule has 2 aromatic heterocycles. The van der Waals surface area contributed by atoms with Gasteiger partial charge in [0, 0.05) is 18.7 Å². The zero-order valence-corrected chi connectivity index (χ0v) is 18.5. The summed E-state index contributed by atoms with van der Waals surface area (Å²) in [5.41, 5.74) is -0.177. The van der Waals surface area contributed by atoms with Gasteiger partial charge in [0.2, 0.25) is 5.91 Å². The third kappa shape index (κ3) is 4.14. The summed E-state index contributed by atoms with van der Waals surface area (Å²) < 4.78 is 28.3. The number of rotatable bonds is 4. The Morgan fingerprint density at radius 1 is 1.28 bits per heavy atom. The number of halogens is 2. The number of fused-ring (bicyclic) bond motifs is 1. The van der Waals surface area contributed by atoms with Crippen molar-refractivity contribution in [2.45, 2.75) is 45.7 Å². The van der Waals surface area contributed by atoms with E-state index in [1.807, 2.05) is 6.92 Å². The first-order valence-electron chi connectivity index (χ1n) is 10.3. The molecule has 1 aliphatic rings. The minimum absolute atomic E-state index is 0.121. The predicted molar refractivity (Wildman–Crippen MR) is 118 cm³/mol. The first kappa shape index (κ1) is 22.1. The van der Waals surface area contributed by atoms with Gasteiger partial charge in [-0.2, -0.15) is 0 Å². The Labute approximate surface area is 186 Å². The van der Waals surface area contributed by atoms with Crippen molar-refractivity contribution in [2.75, 3.05) is 11.9 Å². The first-order chi connectivity index (χ1) is 15.3. The second-order valence-corrected chi connectivity index (χ2v) is 8.92. The second kappa shape index (κ2) is 8.78. The fourth-order valence-electron chi connectivity index (χ4n) is 3.96. The molecule has 32 heavy (non-hydrogen) atoms. The van der Waals surface area contributed by atoms with Crippen molar-refractivity contribution in [1.29, 1.82) is 0 Å².